The van der Waals surface area contributed by atoms with Crippen molar-refractivity contribution in [2.75, 3.05) is 25.4 Å². The van der Waals surface area contributed by atoms with Crippen LogP contribution in [0.2, 0.25) is 0 Å². The molecule has 2 aromatic carbocycles. The second-order valence-corrected chi connectivity index (χ2v) is 10.6. The van der Waals surface area contributed by atoms with Crippen LogP contribution in [0.4, 0.5) is 4.79 Å². The third-order valence-corrected chi connectivity index (χ3v) is 8.38. The Morgan fingerprint density at radius 1 is 0.970 bits per heavy atom. The Hall–Kier alpha value is -2.75. The average Bonchev–Trinajstić information content (AvgIpc) is 3.44. The number of unbranched alkanes of at least 4 members (excludes halogenated alkanes) is 1. The van der Waals surface area contributed by atoms with Crippen LogP contribution in [0.5, 0.6) is 0 Å². The number of aliphatic hydroxyl groups is 1. The summed E-state index contributed by atoms with van der Waals surface area (Å²) in [5.41, 5.74) is -0.152. The Kier molecular flexibility index (Phi) is 6.83. The fourth-order valence-corrected chi connectivity index (χ4v) is 6.65. The largest absolute Gasteiger partial charge is 0.379 e. The van der Waals surface area contributed by atoms with Crippen LogP contribution >= 0.6 is 0 Å². The summed E-state index contributed by atoms with van der Waals surface area (Å²) in [6.45, 7) is 0.702. The molecule has 1 atom stereocenters. The van der Waals surface area contributed by atoms with Crippen molar-refractivity contribution >= 4 is 22.0 Å². The van der Waals surface area contributed by atoms with Crippen molar-refractivity contribution < 1.29 is 23.1 Å². The molecule has 2 aromatic rings. The maximum Gasteiger partial charge on any atom is 0.324 e. The monoisotopic (exact) mass is 471 g/mol. The lowest BCUT2D eigenvalue weighted by Crippen LogP contribution is -2.51. The molecule has 0 aromatic heterocycles. The van der Waals surface area contributed by atoms with Crippen molar-refractivity contribution in [2.45, 2.75) is 37.3 Å². The Morgan fingerprint density at radius 2 is 1.58 bits per heavy atom. The number of rotatable bonds is 9. The van der Waals surface area contributed by atoms with Crippen molar-refractivity contribution in [1.82, 2.24) is 14.5 Å². The molecule has 2 aliphatic rings. The van der Waals surface area contributed by atoms with Crippen molar-refractivity contribution in [1.29, 1.82) is 0 Å². The van der Waals surface area contributed by atoms with Crippen LogP contribution in [0, 0.1) is 0 Å². The van der Waals surface area contributed by atoms with Crippen LogP contribution in [0.1, 0.15) is 36.8 Å². The Balaban J connectivity index is 1.51. The van der Waals surface area contributed by atoms with Crippen LogP contribution in [0.25, 0.3) is 0 Å². The molecule has 4 rings (SSSR count). The van der Waals surface area contributed by atoms with Gasteiger partial charge in [0.05, 0.1) is 11.8 Å². The van der Waals surface area contributed by atoms with Gasteiger partial charge in [-0.2, -0.15) is 4.31 Å². The van der Waals surface area contributed by atoms with Gasteiger partial charge in [0, 0.05) is 13.1 Å². The van der Waals surface area contributed by atoms with Gasteiger partial charge >= 0.3 is 6.03 Å². The molecule has 2 N–H and O–H groups in total. The lowest BCUT2D eigenvalue weighted by molar-refractivity contribution is -0.118. The molecule has 33 heavy (non-hydrogen) atoms. The molecule has 9 heteroatoms. The standard InChI is InChI=1S/C24H29N3O5S/c28-22-18-26(23(29)25-22)15-7-8-17-33(31,32)27-16-9-14-21(27)24(30,19-10-3-1-4-11-19)20-12-5-2-6-13-20/h1-6,10-13,21,30H,7-9,14-18H2,(H,25,28,29). The number of hydrogen-bond acceptors (Lipinski definition) is 5. The van der Waals surface area contributed by atoms with Crippen LogP contribution in [0.15, 0.2) is 60.7 Å². The van der Waals surface area contributed by atoms with E-state index >= 15 is 0 Å². The van der Waals surface area contributed by atoms with Gasteiger partial charge in [0.1, 0.15) is 12.1 Å². The van der Waals surface area contributed by atoms with Gasteiger partial charge in [0.25, 0.3) is 0 Å². The van der Waals surface area contributed by atoms with E-state index in [-0.39, 0.29) is 18.2 Å². The fourth-order valence-electron chi connectivity index (χ4n) is 4.79. The molecule has 0 spiro atoms. The predicted octanol–water partition coefficient (Wildman–Crippen LogP) is 2.05. The van der Waals surface area contributed by atoms with Gasteiger partial charge in [-0.15, -0.1) is 0 Å². The van der Waals surface area contributed by atoms with Crippen molar-refractivity contribution in [3.05, 3.63) is 71.8 Å². The Labute approximate surface area is 194 Å². The van der Waals surface area contributed by atoms with Gasteiger partial charge in [0.2, 0.25) is 15.9 Å². The SMILES string of the molecule is O=C1CN(CCCCS(=O)(=O)N2CCCC2C(O)(c2ccccc2)c2ccccc2)C(=O)N1. The zero-order valence-electron chi connectivity index (χ0n) is 18.4. The lowest BCUT2D eigenvalue weighted by atomic mass is 9.79. The molecule has 2 heterocycles. The molecule has 0 radical (unpaired) electrons. The first kappa shape index (κ1) is 23.4. The zero-order chi connectivity index (χ0) is 23.5. The maximum absolute atomic E-state index is 13.3. The number of carbonyl (C=O) groups excluding carboxylic acids is 2. The minimum atomic E-state index is -3.64. The smallest absolute Gasteiger partial charge is 0.324 e. The van der Waals surface area contributed by atoms with Crippen molar-refractivity contribution in [3.8, 4) is 0 Å². The fraction of sp³-hybridized carbons (Fsp3) is 0.417. The van der Waals surface area contributed by atoms with E-state index < -0.39 is 27.7 Å². The summed E-state index contributed by atoms with van der Waals surface area (Å²) in [6.07, 6.45) is 2.05. The number of benzene rings is 2. The van der Waals surface area contributed by atoms with Crippen molar-refractivity contribution in [3.63, 3.8) is 0 Å². The van der Waals surface area contributed by atoms with Gasteiger partial charge in [-0.3, -0.25) is 10.1 Å². The number of amides is 3. The molecule has 2 aliphatic heterocycles. The van der Waals surface area contributed by atoms with Crippen LogP contribution < -0.4 is 5.32 Å². The van der Waals surface area contributed by atoms with E-state index in [2.05, 4.69) is 5.32 Å². The molecule has 2 saturated heterocycles. The molecular weight excluding hydrogens is 442 g/mol. The third-order valence-electron chi connectivity index (χ3n) is 6.42. The summed E-state index contributed by atoms with van der Waals surface area (Å²) < 4.78 is 28.1. The van der Waals surface area contributed by atoms with E-state index in [1.807, 2.05) is 60.7 Å². The number of nitrogens with zero attached hydrogens (tertiary/aromatic N) is 2. The summed E-state index contributed by atoms with van der Waals surface area (Å²) in [4.78, 5) is 24.3. The second kappa shape index (κ2) is 9.62. The summed E-state index contributed by atoms with van der Waals surface area (Å²) in [5, 5.41) is 14.3. The highest BCUT2D eigenvalue weighted by atomic mass is 32.2. The van der Waals surface area contributed by atoms with Gasteiger partial charge < -0.3 is 10.0 Å². The lowest BCUT2D eigenvalue weighted by Gasteiger charge is -2.39. The zero-order valence-corrected chi connectivity index (χ0v) is 19.2. The number of nitrogens with one attached hydrogen (secondary N) is 1. The Bertz CT molecular complexity index is 1050. The molecule has 0 saturated carbocycles. The summed E-state index contributed by atoms with van der Waals surface area (Å²) in [7, 11) is -3.64. The molecule has 1 unspecified atom stereocenters. The summed E-state index contributed by atoms with van der Waals surface area (Å²) in [5.74, 6) is -0.416. The van der Waals surface area contributed by atoms with Gasteiger partial charge in [-0.25, -0.2) is 13.2 Å². The average molecular weight is 472 g/mol. The molecule has 176 valence electrons. The van der Waals surface area contributed by atoms with Crippen LogP contribution in [-0.2, 0) is 20.4 Å². The van der Waals surface area contributed by atoms with Gasteiger partial charge in [-0.05, 0) is 36.8 Å². The number of hydrogen-bond donors (Lipinski definition) is 2. The molecule has 0 bridgehead atoms. The van der Waals surface area contributed by atoms with E-state index in [0.29, 0.717) is 49.9 Å². The highest BCUT2D eigenvalue weighted by Gasteiger charge is 2.49. The Morgan fingerprint density at radius 3 is 2.12 bits per heavy atom. The van der Waals surface area contributed by atoms with Gasteiger partial charge in [-0.1, -0.05) is 60.7 Å². The van der Waals surface area contributed by atoms with Gasteiger partial charge in [0.15, 0.2) is 0 Å². The first-order chi connectivity index (χ1) is 15.8. The summed E-state index contributed by atoms with van der Waals surface area (Å²) in [6, 6.07) is 17.4. The predicted molar refractivity (Wildman–Crippen MR) is 124 cm³/mol. The third kappa shape index (κ3) is 4.80. The van der Waals surface area contributed by atoms with E-state index in [4.69, 9.17) is 0 Å². The first-order valence-electron chi connectivity index (χ1n) is 11.2. The minimum absolute atomic E-state index is 0.0148. The summed E-state index contributed by atoms with van der Waals surface area (Å²) >= 11 is 0. The highest BCUT2D eigenvalue weighted by Crippen LogP contribution is 2.41. The van der Waals surface area contributed by atoms with E-state index in [9.17, 15) is 23.1 Å². The molecule has 0 aliphatic carbocycles. The normalized spacial score (nSPS) is 19.8. The maximum atomic E-state index is 13.3. The number of sulfonamides is 1. The molecular formula is C24H29N3O5S. The topological polar surface area (TPSA) is 107 Å². The van der Waals surface area contributed by atoms with E-state index in [1.165, 1.54) is 9.21 Å². The quantitative estimate of drug-likeness (QED) is 0.430. The molecule has 2 fully saturated rings. The van der Waals surface area contributed by atoms with E-state index in [0.717, 1.165) is 0 Å². The molecule has 8 nitrogen and oxygen atoms in total. The van der Waals surface area contributed by atoms with Crippen LogP contribution in [0.3, 0.4) is 0 Å². The number of carbonyl (C=O) groups is 2. The first-order valence-corrected chi connectivity index (χ1v) is 12.8. The second-order valence-electron chi connectivity index (χ2n) is 8.57. The van der Waals surface area contributed by atoms with Crippen LogP contribution in [-0.4, -0.2) is 66.1 Å². The minimum Gasteiger partial charge on any atom is -0.379 e. The van der Waals surface area contributed by atoms with E-state index in [1.54, 1.807) is 0 Å². The highest BCUT2D eigenvalue weighted by molar-refractivity contribution is 7.89. The number of urea groups is 1. The number of imide groups is 1. The van der Waals surface area contributed by atoms with Crippen molar-refractivity contribution in [2.24, 2.45) is 0 Å². The molecule has 3 amide bonds.